The zero-order valence-electron chi connectivity index (χ0n) is 16.5. The molecule has 3 rings (SSSR count). The first-order chi connectivity index (χ1) is 14.3. The van der Waals surface area contributed by atoms with E-state index in [0.29, 0.717) is 32.1 Å². The second-order valence-corrected chi connectivity index (χ2v) is 6.33. The normalized spacial score (nSPS) is 14.4. The minimum absolute atomic E-state index is 0.140. The smallest absolute Gasteiger partial charge is 0.480 e. The van der Waals surface area contributed by atoms with Gasteiger partial charge in [0.25, 0.3) is 0 Å². The molecule has 0 spiro atoms. The lowest BCUT2D eigenvalue weighted by atomic mass is 10.2. The van der Waals surface area contributed by atoms with Gasteiger partial charge in [-0.1, -0.05) is 0 Å². The largest absolute Gasteiger partial charge is 0.573 e. The van der Waals surface area contributed by atoms with Gasteiger partial charge in [0.1, 0.15) is 11.3 Å². The zero-order valence-corrected chi connectivity index (χ0v) is 16.5. The Morgan fingerprint density at radius 3 is 2.30 bits per heavy atom. The number of aromatic nitrogens is 2. The average Bonchev–Trinajstić information content (AvgIpc) is 2.73. The van der Waals surface area contributed by atoms with Crippen LogP contribution in [0, 0.1) is 0 Å². The predicted molar refractivity (Wildman–Crippen MR) is 102 cm³/mol. The summed E-state index contributed by atoms with van der Waals surface area (Å²) in [6.07, 6.45) is -3.33. The number of methoxy groups -OCH3 is 1. The van der Waals surface area contributed by atoms with E-state index in [0.717, 1.165) is 5.69 Å². The Hall–Kier alpha value is -3.24. The molecule has 0 aliphatic carbocycles. The molecule has 0 saturated carbocycles. The Labute approximate surface area is 171 Å². The van der Waals surface area contributed by atoms with E-state index in [9.17, 15) is 18.0 Å². The number of carbonyl (C=O) groups is 1. The quantitative estimate of drug-likeness (QED) is 0.653. The van der Waals surface area contributed by atoms with Gasteiger partial charge >= 0.3 is 12.3 Å². The standard InChI is InChI=1S/C19H21F3N4O4/c1-3-29-17(27)15-12-23-18(24-16(15)28-2)26-10-8-25(9-11-26)13-4-6-14(7-5-13)30-19(20,21)22/h4-7,12H,3,8-11H2,1-2H3. The number of carbonyl (C=O) groups excluding carboxylic acids is 1. The summed E-state index contributed by atoms with van der Waals surface area (Å²) in [5.41, 5.74) is 0.947. The van der Waals surface area contributed by atoms with E-state index in [1.54, 1.807) is 19.1 Å². The highest BCUT2D eigenvalue weighted by molar-refractivity contribution is 5.91. The fraction of sp³-hybridized carbons (Fsp3) is 0.421. The fourth-order valence-electron chi connectivity index (χ4n) is 3.04. The fourth-order valence-corrected chi connectivity index (χ4v) is 3.04. The van der Waals surface area contributed by atoms with Crippen LogP contribution in [0.5, 0.6) is 11.6 Å². The highest BCUT2D eigenvalue weighted by atomic mass is 19.4. The van der Waals surface area contributed by atoms with E-state index in [1.807, 2.05) is 9.80 Å². The number of hydrogen-bond acceptors (Lipinski definition) is 8. The summed E-state index contributed by atoms with van der Waals surface area (Å²) in [7, 11) is 1.42. The van der Waals surface area contributed by atoms with Gasteiger partial charge in [0.15, 0.2) is 0 Å². The third-order valence-corrected chi connectivity index (χ3v) is 4.43. The minimum Gasteiger partial charge on any atom is -0.480 e. The number of benzene rings is 1. The third kappa shape index (κ3) is 5.22. The van der Waals surface area contributed by atoms with Crippen molar-refractivity contribution in [3.8, 4) is 11.6 Å². The number of nitrogens with zero attached hydrogens (tertiary/aromatic N) is 4. The molecular weight excluding hydrogens is 405 g/mol. The molecule has 30 heavy (non-hydrogen) atoms. The molecule has 1 saturated heterocycles. The number of ether oxygens (including phenoxy) is 3. The van der Waals surface area contributed by atoms with Gasteiger partial charge in [0.05, 0.1) is 19.9 Å². The summed E-state index contributed by atoms with van der Waals surface area (Å²) in [5.74, 6) is -0.245. The SMILES string of the molecule is CCOC(=O)c1cnc(N2CCN(c3ccc(OC(F)(F)F)cc3)CC2)nc1OC. The third-order valence-electron chi connectivity index (χ3n) is 4.43. The van der Waals surface area contributed by atoms with Gasteiger partial charge in [-0.2, -0.15) is 4.98 Å². The first-order valence-corrected chi connectivity index (χ1v) is 9.24. The number of hydrogen-bond donors (Lipinski definition) is 0. The molecule has 1 aromatic heterocycles. The number of alkyl halides is 3. The van der Waals surface area contributed by atoms with Crippen LogP contribution in [-0.4, -0.2) is 62.2 Å². The van der Waals surface area contributed by atoms with Crippen molar-refractivity contribution in [3.63, 3.8) is 0 Å². The summed E-state index contributed by atoms with van der Waals surface area (Å²) < 4.78 is 50.9. The van der Waals surface area contributed by atoms with Gasteiger partial charge in [-0.05, 0) is 31.2 Å². The Morgan fingerprint density at radius 1 is 1.10 bits per heavy atom. The zero-order chi connectivity index (χ0) is 21.7. The molecule has 1 aromatic carbocycles. The van der Waals surface area contributed by atoms with Crippen LogP contribution in [0.15, 0.2) is 30.5 Å². The molecule has 0 radical (unpaired) electrons. The van der Waals surface area contributed by atoms with Crippen molar-refractivity contribution in [2.45, 2.75) is 13.3 Å². The van der Waals surface area contributed by atoms with Crippen LogP contribution in [0.4, 0.5) is 24.8 Å². The van der Waals surface area contributed by atoms with Crippen molar-refractivity contribution in [1.29, 1.82) is 0 Å². The van der Waals surface area contributed by atoms with Crippen LogP contribution in [-0.2, 0) is 4.74 Å². The maximum Gasteiger partial charge on any atom is 0.573 e. The van der Waals surface area contributed by atoms with E-state index in [-0.39, 0.29) is 23.8 Å². The molecule has 2 aromatic rings. The number of rotatable bonds is 6. The lowest BCUT2D eigenvalue weighted by molar-refractivity contribution is -0.274. The van der Waals surface area contributed by atoms with E-state index in [1.165, 1.54) is 25.4 Å². The molecule has 1 fully saturated rings. The monoisotopic (exact) mass is 426 g/mol. The first-order valence-electron chi connectivity index (χ1n) is 9.24. The van der Waals surface area contributed by atoms with E-state index in [2.05, 4.69) is 14.7 Å². The Balaban J connectivity index is 1.63. The molecule has 0 bridgehead atoms. The highest BCUT2D eigenvalue weighted by Crippen LogP contribution is 2.26. The summed E-state index contributed by atoms with van der Waals surface area (Å²) in [6.45, 7) is 4.34. The first kappa shape index (κ1) is 21.5. The van der Waals surface area contributed by atoms with Crippen molar-refractivity contribution in [2.75, 3.05) is 49.7 Å². The molecular formula is C19H21F3N4O4. The topological polar surface area (TPSA) is 77.0 Å². The molecule has 2 heterocycles. The van der Waals surface area contributed by atoms with Crippen molar-refractivity contribution < 1.29 is 32.2 Å². The van der Waals surface area contributed by atoms with E-state index < -0.39 is 12.3 Å². The Kier molecular flexibility index (Phi) is 6.48. The van der Waals surface area contributed by atoms with Gasteiger partial charge in [-0.15, -0.1) is 13.2 Å². The van der Waals surface area contributed by atoms with Crippen LogP contribution in [0.2, 0.25) is 0 Å². The molecule has 1 aliphatic rings. The molecule has 0 unspecified atom stereocenters. The summed E-state index contributed by atoms with van der Waals surface area (Å²) in [5, 5.41) is 0. The van der Waals surface area contributed by atoms with Crippen molar-refractivity contribution >= 4 is 17.6 Å². The molecule has 1 aliphatic heterocycles. The summed E-state index contributed by atoms with van der Waals surface area (Å²) >= 11 is 0. The molecule has 0 atom stereocenters. The van der Waals surface area contributed by atoms with E-state index in [4.69, 9.17) is 9.47 Å². The molecule has 11 heteroatoms. The maximum absolute atomic E-state index is 12.3. The Morgan fingerprint density at radius 2 is 1.73 bits per heavy atom. The van der Waals surface area contributed by atoms with Gasteiger partial charge in [0.2, 0.25) is 11.8 Å². The van der Waals surface area contributed by atoms with Crippen LogP contribution in [0.1, 0.15) is 17.3 Å². The predicted octanol–water partition coefficient (Wildman–Crippen LogP) is 2.89. The number of anilines is 2. The van der Waals surface area contributed by atoms with Crippen LogP contribution < -0.4 is 19.3 Å². The number of halogens is 3. The van der Waals surface area contributed by atoms with Crippen molar-refractivity contribution in [3.05, 3.63) is 36.0 Å². The van der Waals surface area contributed by atoms with Crippen LogP contribution in [0.25, 0.3) is 0 Å². The molecule has 0 N–H and O–H groups in total. The highest BCUT2D eigenvalue weighted by Gasteiger charge is 2.31. The lowest BCUT2D eigenvalue weighted by Crippen LogP contribution is -2.47. The van der Waals surface area contributed by atoms with Gasteiger partial charge in [-0.3, -0.25) is 0 Å². The van der Waals surface area contributed by atoms with Crippen LogP contribution >= 0.6 is 0 Å². The summed E-state index contributed by atoms with van der Waals surface area (Å²) in [4.78, 5) is 24.5. The lowest BCUT2D eigenvalue weighted by Gasteiger charge is -2.36. The average molecular weight is 426 g/mol. The maximum atomic E-state index is 12.3. The molecule has 162 valence electrons. The Bertz CT molecular complexity index is 869. The number of esters is 1. The van der Waals surface area contributed by atoms with Crippen molar-refractivity contribution in [1.82, 2.24) is 9.97 Å². The molecule has 0 amide bonds. The second-order valence-electron chi connectivity index (χ2n) is 6.33. The molecule has 8 nitrogen and oxygen atoms in total. The second kappa shape index (κ2) is 9.06. The number of piperazine rings is 1. The van der Waals surface area contributed by atoms with Crippen LogP contribution in [0.3, 0.4) is 0 Å². The summed E-state index contributed by atoms with van der Waals surface area (Å²) in [6, 6.07) is 5.75. The minimum atomic E-state index is -4.71. The van der Waals surface area contributed by atoms with Gasteiger partial charge < -0.3 is 24.0 Å². The van der Waals surface area contributed by atoms with Gasteiger partial charge in [-0.25, -0.2) is 9.78 Å². The van der Waals surface area contributed by atoms with E-state index >= 15 is 0 Å². The van der Waals surface area contributed by atoms with Crippen molar-refractivity contribution in [2.24, 2.45) is 0 Å². The van der Waals surface area contributed by atoms with Gasteiger partial charge in [0, 0.05) is 31.9 Å².